The van der Waals surface area contributed by atoms with Crippen molar-refractivity contribution in [1.29, 1.82) is 0 Å². The molecule has 0 saturated heterocycles. The molecule has 0 amide bonds. The molecule has 0 bridgehead atoms. The SMILES string of the molecule is O=P(Oc1ccccc1)(Oc1ccccc1)P(=O)(Oc1ccccc1)Oc1ccccc1. The fourth-order valence-corrected chi connectivity index (χ4v) is 7.05. The fraction of sp³-hybridized carbons (Fsp3) is 0. The van der Waals surface area contributed by atoms with E-state index in [4.69, 9.17) is 18.1 Å². The summed E-state index contributed by atoms with van der Waals surface area (Å²) in [5.74, 6) is 0.779. The van der Waals surface area contributed by atoms with Gasteiger partial charge in [-0.3, -0.25) is 0 Å². The third-order valence-electron chi connectivity index (χ3n) is 4.16. The summed E-state index contributed by atoms with van der Waals surface area (Å²) in [4.78, 5) is 0. The van der Waals surface area contributed by atoms with Gasteiger partial charge in [-0.2, -0.15) is 0 Å². The van der Waals surface area contributed by atoms with E-state index in [1.54, 1.807) is 121 Å². The van der Waals surface area contributed by atoms with E-state index < -0.39 is 14.6 Å². The Balaban J connectivity index is 1.80. The first-order chi connectivity index (χ1) is 15.6. The summed E-state index contributed by atoms with van der Waals surface area (Å²) in [6.07, 6.45) is 0. The summed E-state index contributed by atoms with van der Waals surface area (Å²) in [5, 5.41) is 0. The molecular weight excluding hydrogens is 446 g/mol. The second kappa shape index (κ2) is 9.78. The summed E-state index contributed by atoms with van der Waals surface area (Å²) >= 11 is 0. The molecule has 0 aromatic heterocycles. The fourth-order valence-electron chi connectivity index (χ4n) is 2.70. The van der Waals surface area contributed by atoms with Gasteiger partial charge in [-0.15, -0.1) is 0 Å². The number of para-hydroxylation sites is 4. The first-order valence-corrected chi connectivity index (χ1v) is 13.5. The molecule has 6 nitrogen and oxygen atoms in total. The summed E-state index contributed by atoms with van der Waals surface area (Å²) in [6, 6.07) is 33.3. The Morgan fingerprint density at radius 3 is 0.719 bits per heavy atom. The van der Waals surface area contributed by atoms with Crippen LogP contribution in [0.2, 0.25) is 0 Å². The maximum absolute atomic E-state index is 14.2. The van der Waals surface area contributed by atoms with E-state index in [1.165, 1.54) is 0 Å². The second-order valence-corrected chi connectivity index (χ2v) is 12.1. The summed E-state index contributed by atoms with van der Waals surface area (Å²) < 4.78 is 51.4. The minimum absolute atomic E-state index is 0.195. The van der Waals surface area contributed by atoms with Gasteiger partial charge in [0, 0.05) is 0 Å². The number of rotatable bonds is 9. The number of hydrogen-bond donors (Lipinski definition) is 0. The van der Waals surface area contributed by atoms with Crippen molar-refractivity contribution < 1.29 is 27.2 Å². The van der Waals surface area contributed by atoms with E-state index in [0.29, 0.717) is 0 Å². The average molecular weight is 466 g/mol. The van der Waals surface area contributed by atoms with Crippen LogP contribution >= 0.6 is 14.6 Å². The predicted octanol–water partition coefficient (Wildman–Crippen LogP) is 7.60. The third-order valence-corrected chi connectivity index (χ3v) is 9.30. The highest BCUT2D eigenvalue weighted by Crippen LogP contribution is 2.80. The molecule has 162 valence electrons. The lowest BCUT2D eigenvalue weighted by atomic mass is 10.3. The Morgan fingerprint density at radius 2 is 0.531 bits per heavy atom. The molecule has 0 saturated carbocycles. The molecule has 0 fully saturated rings. The quantitative estimate of drug-likeness (QED) is 0.237. The molecule has 0 unspecified atom stereocenters. The molecule has 4 aromatic carbocycles. The molecule has 0 aliphatic carbocycles. The number of hydrogen-bond acceptors (Lipinski definition) is 6. The highest BCUT2D eigenvalue weighted by atomic mass is 32.1. The standard InChI is InChI=1S/C24H20O6P2/c25-31(27-21-13-5-1-6-14-21,28-22-15-7-2-8-16-22)32(26,29-23-17-9-3-10-18-23)30-24-19-11-4-12-20-24/h1-20H. The van der Waals surface area contributed by atoms with Gasteiger partial charge < -0.3 is 18.1 Å². The monoisotopic (exact) mass is 466 g/mol. The van der Waals surface area contributed by atoms with Crippen LogP contribution in [-0.2, 0) is 9.13 Å². The molecule has 32 heavy (non-hydrogen) atoms. The maximum atomic E-state index is 14.2. The molecule has 0 atom stereocenters. The molecule has 0 heterocycles. The minimum atomic E-state index is -4.60. The minimum Gasteiger partial charge on any atom is -0.407 e. The second-order valence-electron chi connectivity index (χ2n) is 6.55. The Kier molecular flexibility index (Phi) is 6.65. The lowest BCUT2D eigenvalue weighted by Crippen LogP contribution is -2.10. The summed E-state index contributed by atoms with van der Waals surface area (Å²) in [5.41, 5.74) is 0. The van der Waals surface area contributed by atoms with Gasteiger partial charge in [-0.1, -0.05) is 72.8 Å². The van der Waals surface area contributed by atoms with Gasteiger partial charge in [0.15, 0.2) is 0 Å². The van der Waals surface area contributed by atoms with E-state index in [2.05, 4.69) is 0 Å². The van der Waals surface area contributed by atoms with Crippen molar-refractivity contribution >= 4 is 14.6 Å². The van der Waals surface area contributed by atoms with Crippen LogP contribution in [0.1, 0.15) is 0 Å². The topological polar surface area (TPSA) is 71.1 Å². The summed E-state index contributed by atoms with van der Waals surface area (Å²) in [7, 11) is -9.21. The first-order valence-electron chi connectivity index (χ1n) is 9.75. The molecule has 0 aliphatic heterocycles. The lowest BCUT2D eigenvalue weighted by Gasteiger charge is -2.26. The lowest BCUT2D eigenvalue weighted by molar-refractivity contribution is 0.356. The molecule has 0 spiro atoms. The van der Waals surface area contributed by atoms with E-state index >= 15 is 0 Å². The Hall–Kier alpha value is -3.46. The molecule has 0 aliphatic rings. The van der Waals surface area contributed by atoms with E-state index in [-0.39, 0.29) is 23.0 Å². The predicted molar refractivity (Wildman–Crippen MR) is 123 cm³/mol. The normalized spacial score (nSPS) is 11.4. The van der Waals surface area contributed by atoms with Crippen LogP contribution in [0, 0.1) is 0 Å². The highest BCUT2D eigenvalue weighted by Gasteiger charge is 2.58. The van der Waals surface area contributed by atoms with Gasteiger partial charge in [0.25, 0.3) is 0 Å². The van der Waals surface area contributed by atoms with Crippen molar-refractivity contribution in [2.24, 2.45) is 0 Å². The van der Waals surface area contributed by atoms with E-state index in [0.717, 1.165) is 0 Å². The van der Waals surface area contributed by atoms with Gasteiger partial charge >= 0.3 is 14.6 Å². The van der Waals surface area contributed by atoms with Crippen molar-refractivity contribution in [3.63, 3.8) is 0 Å². The van der Waals surface area contributed by atoms with Crippen molar-refractivity contribution in [3.05, 3.63) is 121 Å². The van der Waals surface area contributed by atoms with Crippen LogP contribution in [0.3, 0.4) is 0 Å². The largest absolute Gasteiger partial charge is 0.567 e. The van der Waals surface area contributed by atoms with Crippen LogP contribution in [0.25, 0.3) is 0 Å². The molecular formula is C24H20O6P2. The van der Waals surface area contributed by atoms with Crippen LogP contribution in [0.4, 0.5) is 0 Å². The van der Waals surface area contributed by atoms with Gasteiger partial charge in [-0.05, 0) is 48.5 Å². The zero-order valence-electron chi connectivity index (χ0n) is 16.9. The summed E-state index contributed by atoms with van der Waals surface area (Å²) in [6.45, 7) is 0. The highest BCUT2D eigenvalue weighted by molar-refractivity contribution is 8.28. The van der Waals surface area contributed by atoms with Crippen molar-refractivity contribution in [2.75, 3.05) is 0 Å². The Labute approximate surface area is 186 Å². The third kappa shape index (κ3) is 5.23. The molecule has 0 radical (unpaired) electrons. The van der Waals surface area contributed by atoms with Crippen molar-refractivity contribution in [3.8, 4) is 23.0 Å². The molecule has 0 N–H and O–H groups in total. The molecule has 8 heteroatoms. The van der Waals surface area contributed by atoms with Crippen LogP contribution in [0.5, 0.6) is 23.0 Å². The zero-order chi connectivity index (χ0) is 22.3. The Morgan fingerprint density at radius 1 is 0.344 bits per heavy atom. The average Bonchev–Trinajstić information content (AvgIpc) is 2.81. The van der Waals surface area contributed by atoms with Crippen molar-refractivity contribution in [2.45, 2.75) is 0 Å². The maximum Gasteiger partial charge on any atom is 0.567 e. The van der Waals surface area contributed by atoms with Gasteiger partial charge in [0.2, 0.25) is 0 Å². The van der Waals surface area contributed by atoms with Crippen LogP contribution in [0.15, 0.2) is 121 Å². The van der Waals surface area contributed by atoms with Gasteiger partial charge in [0.1, 0.15) is 23.0 Å². The smallest absolute Gasteiger partial charge is 0.407 e. The number of benzene rings is 4. The molecule has 4 rings (SSSR count). The van der Waals surface area contributed by atoms with E-state index in [9.17, 15) is 9.13 Å². The molecule has 4 aromatic rings. The van der Waals surface area contributed by atoms with Crippen molar-refractivity contribution in [1.82, 2.24) is 0 Å². The van der Waals surface area contributed by atoms with Crippen LogP contribution in [-0.4, -0.2) is 0 Å². The van der Waals surface area contributed by atoms with E-state index in [1.807, 2.05) is 0 Å². The van der Waals surface area contributed by atoms with Gasteiger partial charge in [-0.25, -0.2) is 9.13 Å². The van der Waals surface area contributed by atoms with Crippen LogP contribution < -0.4 is 18.1 Å². The first kappa shape index (κ1) is 21.8. The van der Waals surface area contributed by atoms with Gasteiger partial charge in [0.05, 0.1) is 0 Å². The Bertz CT molecular complexity index is 1030. The zero-order valence-corrected chi connectivity index (χ0v) is 18.7.